The summed E-state index contributed by atoms with van der Waals surface area (Å²) in [5.74, 6) is -3.36. The number of azide groups is 1. The van der Waals surface area contributed by atoms with Crippen LogP contribution in [0.5, 0.6) is 0 Å². The fourth-order valence-electron chi connectivity index (χ4n) is 1.62. The van der Waals surface area contributed by atoms with Crippen LogP contribution in [0.4, 0.5) is 13.2 Å². The van der Waals surface area contributed by atoms with Crippen molar-refractivity contribution in [3.63, 3.8) is 0 Å². The maximum atomic E-state index is 12.6. The van der Waals surface area contributed by atoms with Gasteiger partial charge in [-0.25, -0.2) is 4.84 Å². The zero-order valence-electron chi connectivity index (χ0n) is 9.92. The Morgan fingerprint density at radius 2 is 2.20 bits per heavy atom. The lowest BCUT2D eigenvalue weighted by molar-refractivity contribution is -0.345. The van der Waals surface area contributed by atoms with Gasteiger partial charge in [0.1, 0.15) is 0 Å². The third-order valence-corrected chi connectivity index (χ3v) is 2.62. The number of nitrogens with zero attached hydrogens (tertiary/aromatic N) is 3. The van der Waals surface area contributed by atoms with Gasteiger partial charge in [0, 0.05) is 16.6 Å². The summed E-state index contributed by atoms with van der Waals surface area (Å²) in [5.41, 5.74) is 11.2. The lowest BCUT2D eigenvalue weighted by atomic mass is 10.1. The van der Waals surface area contributed by atoms with Gasteiger partial charge in [-0.2, -0.15) is 13.2 Å². The molecule has 0 radical (unpaired) electrons. The van der Waals surface area contributed by atoms with Crippen molar-refractivity contribution >= 4 is 5.70 Å². The van der Waals surface area contributed by atoms with E-state index in [0.29, 0.717) is 17.2 Å². The molecule has 1 aromatic carbocycles. The first-order valence-corrected chi connectivity index (χ1v) is 5.42. The Bertz CT molecular complexity index is 596. The number of halogens is 3. The Balaban J connectivity index is 2.29. The van der Waals surface area contributed by atoms with E-state index in [-0.39, 0.29) is 12.2 Å². The van der Waals surface area contributed by atoms with Crippen LogP contribution in [-0.4, -0.2) is 17.1 Å². The molecule has 0 aromatic heterocycles. The van der Waals surface area contributed by atoms with E-state index in [0.717, 1.165) is 0 Å². The molecule has 1 aliphatic heterocycles. The van der Waals surface area contributed by atoms with Gasteiger partial charge in [0.15, 0.2) is 0 Å². The monoisotopic (exact) mass is 286 g/mol. The molecule has 20 heavy (non-hydrogen) atoms. The molecule has 1 aromatic rings. The molecule has 2 N–H and O–H groups in total. The summed E-state index contributed by atoms with van der Waals surface area (Å²) >= 11 is 0. The van der Waals surface area contributed by atoms with E-state index in [1.54, 1.807) is 12.1 Å². The average Bonchev–Trinajstić information content (AvgIpc) is 2.80. The van der Waals surface area contributed by atoms with Crippen molar-refractivity contribution in [1.82, 2.24) is 5.48 Å². The molecular weight excluding hydrogens is 277 g/mol. The minimum absolute atomic E-state index is 0.0207. The number of hydrogen-bond donors (Lipinski definition) is 2. The van der Waals surface area contributed by atoms with Crippen LogP contribution in [0.25, 0.3) is 16.1 Å². The molecule has 0 amide bonds. The highest BCUT2D eigenvalue weighted by atomic mass is 19.4. The molecule has 1 atom stereocenters. The van der Waals surface area contributed by atoms with E-state index in [4.69, 9.17) is 5.53 Å². The fourth-order valence-corrected chi connectivity index (χ4v) is 1.62. The number of hydroxylamine groups is 1. The summed E-state index contributed by atoms with van der Waals surface area (Å²) in [6.07, 6.45) is -4.41. The van der Waals surface area contributed by atoms with Crippen molar-refractivity contribution in [2.24, 2.45) is 5.11 Å². The number of nitrogens with one attached hydrogen (secondary N) is 1. The smallest absolute Gasteiger partial charge is 0.354 e. The topological polar surface area (TPSA) is 90.3 Å². The minimum atomic E-state index is -4.95. The van der Waals surface area contributed by atoms with Crippen LogP contribution in [0.15, 0.2) is 35.5 Å². The fraction of sp³-hybridized carbons (Fsp3) is 0.273. The molecule has 0 saturated carbocycles. The summed E-state index contributed by atoms with van der Waals surface area (Å²) in [6.45, 7) is 0.0714. The molecule has 9 heteroatoms. The van der Waals surface area contributed by atoms with Crippen LogP contribution >= 0.6 is 0 Å². The van der Waals surface area contributed by atoms with Crippen molar-refractivity contribution < 1.29 is 23.1 Å². The summed E-state index contributed by atoms with van der Waals surface area (Å²) in [6, 6.07) is 6.30. The van der Waals surface area contributed by atoms with Crippen molar-refractivity contribution in [3.8, 4) is 0 Å². The summed E-state index contributed by atoms with van der Waals surface area (Å²) < 4.78 is 37.7. The van der Waals surface area contributed by atoms with E-state index < -0.39 is 12.0 Å². The molecule has 2 rings (SSSR count). The van der Waals surface area contributed by atoms with Gasteiger partial charge in [-0.1, -0.05) is 23.3 Å². The molecule has 1 aliphatic rings. The summed E-state index contributed by atoms with van der Waals surface area (Å²) in [5, 5.41) is 12.7. The van der Waals surface area contributed by atoms with E-state index in [2.05, 4.69) is 14.9 Å². The largest absolute Gasteiger partial charge is 0.449 e. The summed E-state index contributed by atoms with van der Waals surface area (Å²) in [4.78, 5) is 6.79. The number of hydrogen-bond acceptors (Lipinski definition) is 4. The number of alkyl halides is 3. The maximum Gasteiger partial charge on any atom is 0.449 e. The molecule has 1 heterocycles. The Hall–Kier alpha value is -2.22. The lowest BCUT2D eigenvalue weighted by Crippen LogP contribution is -2.45. The highest BCUT2D eigenvalue weighted by molar-refractivity contribution is 5.66. The Kier molecular flexibility index (Phi) is 3.58. The second-order valence-corrected chi connectivity index (χ2v) is 4.05. The molecular formula is C11H9F3N4O2. The van der Waals surface area contributed by atoms with Gasteiger partial charge in [0.2, 0.25) is 0 Å². The minimum Gasteiger partial charge on any atom is -0.354 e. The predicted molar refractivity (Wildman–Crippen MR) is 62.5 cm³/mol. The third-order valence-electron chi connectivity index (χ3n) is 2.62. The number of benzene rings is 1. The summed E-state index contributed by atoms with van der Waals surface area (Å²) in [7, 11) is 0. The first kappa shape index (κ1) is 14.2. The quantitative estimate of drug-likeness (QED) is 0.508. The number of rotatable bonds is 3. The normalized spacial score (nSPS) is 21.9. The first-order chi connectivity index (χ1) is 9.36. The van der Waals surface area contributed by atoms with Crippen LogP contribution in [-0.2, 0) is 11.4 Å². The third kappa shape index (κ3) is 2.69. The van der Waals surface area contributed by atoms with E-state index in [1.165, 1.54) is 12.1 Å². The first-order valence-electron chi connectivity index (χ1n) is 5.42. The molecule has 106 valence electrons. The molecule has 0 aliphatic carbocycles. The van der Waals surface area contributed by atoms with Gasteiger partial charge in [-0.05, 0) is 17.2 Å². The van der Waals surface area contributed by atoms with Gasteiger partial charge in [-0.15, -0.1) is 0 Å². The predicted octanol–water partition coefficient (Wildman–Crippen LogP) is 2.62. The van der Waals surface area contributed by atoms with Crippen molar-refractivity contribution in [2.45, 2.75) is 18.5 Å². The Labute approximate surface area is 111 Å². The zero-order chi connectivity index (χ0) is 14.8. The van der Waals surface area contributed by atoms with E-state index in [1.807, 2.05) is 5.48 Å². The van der Waals surface area contributed by atoms with Crippen molar-refractivity contribution in [2.75, 3.05) is 0 Å². The average molecular weight is 286 g/mol. The van der Waals surface area contributed by atoms with Crippen LogP contribution in [0.2, 0.25) is 0 Å². The highest BCUT2D eigenvalue weighted by Crippen LogP contribution is 2.37. The van der Waals surface area contributed by atoms with Crippen LogP contribution in [0.1, 0.15) is 11.1 Å². The van der Waals surface area contributed by atoms with E-state index >= 15 is 0 Å². The van der Waals surface area contributed by atoms with E-state index in [9.17, 15) is 18.3 Å². The molecule has 0 saturated heterocycles. The second-order valence-electron chi connectivity index (χ2n) is 4.05. The highest BCUT2D eigenvalue weighted by Gasteiger charge is 2.57. The van der Waals surface area contributed by atoms with Crippen LogP contribution < -0.4 is 5.48 Å². The molecule has 1 unspecified atom stereocenters. The zero-order valence-corrected chi connectivity index (χ0v) is 9.92. The maximum absolute atomic E-state index is 12.6. The number of aliphatic hydroxyl groups is 1. The van der Waals surface area contributed by atoms with Crippen molar-refractivity contribution in [3.05, 3.63) is 51.9 Å². The molecule has 0 fully saturated rings. The van der Waals surface area contributed by atoms with Crippen LogP contribution in [0.3, 0.4) is 0 Å². The van der Waals surface area contributed by atoms with Gasteiger partial charge in [0.05, 0.1) is 12.2 Å². The van der Waals surface area contributed by atoms with Gasteiger partial charge in [-0.3, -0.25) is 5.48 Å². The molecule has 0 spiro atoms. The van der Waals surface area contributed by atoms with Gasteiger partial charge < -0.3 is 5.11 Å². The molecule has 6 nitrogen and oxygen atoms in total. The second kappa shape index (κ2) is 5.04. The lowest BCUT2D eigenvalue weighted by Gasteiger charge is -2.21. The van der Waals surface area contributed by atoms with Crippen molar-refractivity contribution in [1.29, 1.82) is 0 Å². The van der Waals surface area contributed by atoms with Gasteiger partial charge in [0.25, 0.3) is 0 Å². The standard InChI is InChI=1S/C11H9F3N4O2/c12-11(13,14)10(19)5-9(17-20-10)8-3-1-2-7(4-8)6-16-18-15/h1-5,17,19H,6H2. The Morgan fingerprint density at radius 1 is 1.45 bits per heavy atom. The van der Waals surface area contributed by atoms with Gasteiger partial charge >= 0.3 is 12.0 Å². The SMILES string of the molecule is [N-]=[N+]=NCc1cccc(C2=CC(O)(C(F)(F)F)ON2)c1. The van der Waals surface area contributed by atoms with Crippen LogP contribution in [0, 0.1) is 0 Å². The molecule has 0 bridgehead atoms. The Morgan fingerprint density at radius 3 is 2.80 bits per heavy atom.